The Balaban J connectivity index is 1.19. The highest BCUT2D eigenvalue weighted by molar-refractivity contribution is 6.35. The third-order valence-electron chi connectivity index (χ3n) is 9.25. The molecule has 0 radical (unpaired) electrons. The van der Waals surface area contributed by atoms with E-state index in [1.54, 1.807) is 66.1 Å². The van der Waals surface area contributed by atoms with Crippen LogP contribution in [0.25, 0.3) is 0 Å². The van der Waals surface area contributed by atoms with Crippen LogP contribution in [0, 0.1) is 11.3 Å². The van der Waals surface area contributed by atoms with Crippen molar-refractivity contribution in [3.63, 3.8) is 0 Å². The van der Waals surface area contributed by atoms with Crippen molar-refractivity contribution in [2.75, 3.05) is 4.90 Å². The summed E-state index contributed by atoms with van der Waals surface area (Å²) in [5.41, 5.74) is 4.73. The van der Waals surface area contributed by atoms with Crippen molar-refractivity contribution in [2.24, 2.45) is 5.73 Å². The molecule has 4 aromatic rings. The van der Waals surface area contributed by atoms with Crippen LogP contribution in [0.3, 0.4) is 0 Å². The fourth-order valence-electron chi connectivity index (χ4n) is 6.27. The summed E-state index contributed by atoms with van der Waals surface area (Å²) in [4.78, 5) is 63.8. The van der Waals surface area contributed by atoms with E-state index < -0.39 is 28.4 Å². The number of nitrogens with two attached hydrogens (primary N) is 1. The van der Waals surface area contributed by atoms with Crippen molar-refractivity contribution >= 4 is 58.5 Å². The molecule has 0 bridgehead atoms. The highest BCUT2D eigenvalue weighted by Gasteiger charge is 2.57. The third-order valence-corrected chi connectivity index (χ3v) is 9.69. The number of amides is 4. The molecule has 2 aliphatic carbocycles. The number of rotatable bonds is 9. The molecule has 2 saturated carbocycles. The Morgan fingerprint density at radius 3 is 2.21 bits per heavy atom. The molecule has 2 aromatic heterocycles. The standard InChI is InChI=1S/C34H28Cl2N8O4/c1-32(15-19-2-4-20(16-37)5-3-19)30(48)43(24-13-22(35)12-23(36)14-24)31-40-18-25(44(31)32)28(46)41-34(10-11-34)29(47)42-33(8-9-33)26-7-6-21(17-39-26)27(38)45/h2-7,12-14,17-18H,8-11,15H2,1H3,(H2,38,45)(H,41,46)(H,42,47)/t32-/m1/s1. The second-order valence-electron chi connectivity index (χ2n) is 12.7. The average molecular weight is 684 g/mol. The van der Waals surface area contributed by atoms with Crippen LogP contribution < -0.4 is 21.3 Å². The van der Waals surface area contributed by atoms with Crippen molar-refractivity contribution in [1.82, 2.24) is 25.2 Å². The fraction of sp³-hybridized carbons (Fsp3) is 0.265. The lowest BCUT2D eigenvalue weighted by Gasteiger charge is -2.27. The monoisotopic (exact) mass is 682 g/mol. The summed E-state index contributed by atoms with van der Waals surface area (Å²) in [7, 11) is 0. The van der Waals surface area contributed by atoms with Gasteiger partial charge in [0.25, 0.3) is 11.8 Å². The summed E-state index contributed by atoms with van der Waals surface area (Å²) >= 11 is 12.6. The van der Waals surface area contributed by atoms with Gasteiger partial charge in [-0.05, 0) is 80.6 Å². The first kappa shape index (κ1) is 31.4. The topological polar surface area (TPSA) is 176 Å². The largest absolute Gasteiger partial charge is 0.366 e. The highest BCUT2D eigenvalue weighted by atomic mass is 35.5. The van der Waals surface area contributed by atoms with Crippen molar-refractivity contribution in [1.29, 1.82) is 5.26 Å². The number of nitriles is 1. The van der Waals surface area contributed by atoms with E-state index >= 15 is 0 Å². The second kappa shape index (κ2) is 11.2. The molecule has 0 saturated heterocycles. The number of hydrogen-bond donors (Lipinski definition) is 3. The number of halogens is 2. The highest BCUT2D eigenvalue weighted by Crippen LogP contribution is 2.47. The molecule has 0 spiro atoms. The van der Waals surface area contributed by atoms with E-state index in [4.69, 9.17) is 28.9 Å². The molecule has 3 aliphatic rings. The van der Waals surface area contributed by atoms with Crippen LogP contribution in [0.15, 0.2) is 67.0 Å². The lowest BCUT2D eigenvalue weighted by Crippen LogP contribution is -2.52. The maximum atomic E-state index is 14.3. The summed E-state index contributed by atoms with van der Waals surface area (Å²) in [5, 5.41) is 15.9. The molecule has 4 N–H and O–H groups in total. The molecule has 2 aromatic carbocycles. The fourth-order valence-corrected chi connectivity index (χ4v) is 6.78. The number of pyridine rings is 1. The third kappa shape index (κ3) is 5.25. The number of imidazole rings is 1. The SMILES string of the molecule is C[C@@]1(Cc2ccc(C#N)cc2)C(=O)N(c2cc(Cl)cc(Cl)c2)c2ncc(C(=O)NC3(C(=O)NC4(c5ccc(C(N)=O)cn5)CC4)CC3)n21. The quantitative estimate of drug-likeness (QED) is 0.236. The molecule has 2 fully saturated rings. The van der Waals surface area contributed by atoms with Crippen LogP contribution in [0.4, 0.5) is 11.6 Å². The van der Waals surface area contributed by atoms with E-state index in [1.807, 2.05) is 0 Å². The van der Waals surface area contributed by atoms with Gasteiger partial charge in [-0.25, -0.2) is 9.88 Å². The van der Waals surface area contributed by atoms with E-state index in [9.17, 15) is 24.4 Å². The van der Waals surface area contributed by atoms with Crippen LogP contribution in [-0.2, 0) is 27.1 Å². The van der Waals surface area contributed by atoms with Gasteiger partial charge in [0.05, 0.1) is 40.3 Å². The van der Waals surface area contributed by atoms with Gasteiger partial charge in [-0.3, -0.25) is 28.7 Å². The maximum absolute atomic E-state index is 14.3. The number of primary amides is 1. The maximum Gasteiger partial charge on any atom is 0.270 e. The Labute approximate surface area is 284 Å². The van der Waals surface area contributed by atoms with E-state index in [0.29, 0.717) is 52.7 Å². The summed E-state index contributed by atoms with van der Waals surface area (Å²) in [6.07, 6.45) is 5.08. The number of aromatic nitrogens is 3. The van der Waals surface area contributed by atoms with Crippen LogP contribution in [0.2, 0.25) is 10.0 Å². The van der Waals surface area contributed by atoms with Gasteiger partial charge in [-0.15, -0.1) is 0 Å². The van der Waals surface area contributed by atoms with Crippen molar-refractivity contribution in [2.45, 2.75) is 55.6 Å². The van der Waals surface area contributed by atoms with Crippen LogP contribution in [0.5, 0.6) is 0 Å². The predicted octanol–water partition coefficient (Wildman–Crippen LogP) is 4.26. The minimum absolute atomic E-state index is 0.0917. The molecule has 48 heavy (non-hydrogen) atoms. The number of carbonyl (C=O) groups excluding carboxylic acids is 4. The lowest BCUT2D eigenvalue weighted by atomic mass is 9.91. The molecule has 0 unspecified atom stereocenters. The Hall–Kier alpha value is -5.25. The van der Waals surface area contributed by atoms with Crippen LogP contribution in [0.1, 0.15) is 70.3 Å². The zero-order valence-corrected chi connectivity index (χ0v) is 27.1. The molecule has 12 nitrogen and oxygen atoms in total. The number of benzene rings is 2. The van der Waals surface area contributed by atoms with Gasteiger partial charge >= 0.3 is 0 Å². The summed E-state index contributed by atoms with van der Waals surface area (Å²) < 4.78 is 1.58. The molecule has 1 atom stereocenters. The Morgan fingerprint density at radius 1 is 0.958 bits per heavy atom. The Morgan fingerprint density at radius 2 is 1.65 bits per heavy atom. The van der Waals surface area contributed by atoms with Crippen LogP contribution in [-0.4, -0.2) is 43.7 Å². The van der Waals surface area contributed by atoms with Gasteiger partial charge in [0.2, 0.25) is 17.8 Å². The van der Waals surface area contributed by atoms with E-state index in [0.717, 1.165) is 5.56 Å². The van der Waals surface area contributed by atoms with Gasteiger partial charge in [0.1, 0.15) is 16.8 Å². The van der Waals surface area contributed by atoms with Crippen molar-refractivity contribution in [3.05, 3.63) is 105 Å². The minimum Gasteiger partial charge on any atom is -0.366 e. The molecular weight excluding hydrogens is 655 g/mol. The van der Waals surface area contributed by atoms with Crippen molar-refractivity contribution in [3.8, 4) is 6.07 Å². The predicted molar refractivity (Wildman–Crippen MR) is 176 cm³/mol. The molecule has 7 rings (SSSR count). The van der Waals surface area contributed by atoms with Gasteiger partial charge in [-0.1, -0.05) is 35.3 Å². The minimum atomic E-state index is -1.33. The molecule has 242 valence electrons. The number of fused-ring (bicyclic) bond motifs is 1. The summed E-state index contributed by atoms with van der Waals surface area (Å²) in [5.74, 6) is -1.69. The van der Waals surface area contributed by atoms with Gasteiger partial charge in [0.15, 0.2) is 0 Å². The first-order chi connectivity index (χ1) is 22.9. The lowest BCUT2D eigenvalue weighted by molar-refractivity contribution is -0.125. The van der Waals surface area contributed by atoms with Gasteiger partial charge in [0, 0.05) is 22.7 Å². The second-order valence-corrected chi connectivity index (χ2v) is 13.5. The zero-order valence-electron chi connectivity index (χ0n) is 25.6. The molecule has 14 heteroatoms. The summed E-state index contributed by atoms with van der Waals surface area (Å²) in [6.45, 7) is 1.72. The zero-order chi connectivity index (χ0) is 34.0. The van der Waals surface area contributed by atoms with E-state index in [-0.39, 0.29) is 35.4 Å². The molecule has 3 heterocycles. The number of nitrogens with zero attached hydrogens (tertiary/aromatic N) is 5. The normalized spacial score (nSPS) is 19.6. The summed E-state index contributed by atoms with van der Waals surface area (Å²) in [6, 6.07) is 16.9. The number of nitrogens with one attached hydrogen (secondary N) is 2. The van der Waals surface area contributed by atoms with Gasteiger partial charge < -0.3 is 16.4 Å². The van der Waals surface area contributed by atoms with E-state index in [1.165, 1.54) is 17.3 Å². The number of hydrogen-bond acceptors (Lipinski definition) is 7. The van der Waals surface area contributed by atoms with Crippen LogP contribution >= 0.6 is 23.2 Å². The average Bonchev–Trinajstić information content (AvgIpc) is 3.96. The molecule has 4 amide bonds. The first-order valence-electron chi connectivity index (χ1n) is 15.2. The Kier molecular flexibility index (Phi) is 7.30. The van der Waals surface area contributed by atoms with E-state index in [2.05, 4.69) is 26.7 Å². The van der Waals surface area contributed by atoms with Crippen molar-refractivity contribution < 1.29 is 19.2 Å². The number of anilines is 2. The first-order valence-corrected chi connectivity index (χ1v) is 15.9. The number of carbonyl (C=O) groups is 4. The molecule has 1 aliphatic heterocycles. The molecular formula is C34H28Cl2N8O4. The van der Waals surface area contributed by atoms with Gasteiger partial charge in [-0.2, -0.15) is 5.26 Å². The smallest absolute Gasteiger partial charge is 0.270 e. The Bertz CT molecular complexity index is 2040.